The highest BCUT2D eigenvalue weighted by molar-refractivity contribution is 7.09. The van der Waals surface area contributed by atoms with Gasteiger partial charge in [-0.05, 0) is 13.0 Å². The summed E-state index contributed by atoms with van der Waals surface area (Å²) in [4.78, 5) is 13.5. The van der Waals surface area contributed by atoms with E-state index < -0.39 is 0 Å². The normalized spacial score (nSPS) is 10.5. The molecule has 0 spiro atoms. The average molecular weight is 220 g/mol. The fraction of sp³-hybridized carbons (Fsp3) is 0.300. The van der Waals surface area contributed by atoms with E-state index in [2.05, 4.69) is 20.3 Å². The van der Waals surface area contributed by atoms with E-state index in [1.807, 2.05) is 18.5 Å². The highest BCUT2D eigenvalue weighted by Gasteiger charge is 2.00. The Labute approximate surface area is 92.4 Å². The fourth-order valence-corrected chi connectivity index (χ4v) is 1.97. The molecule has 0 unspecified atom stereocenters. The second-order valence-electron chi connectivity index (χ2n) is 3.17. The summed E-state index contributed by atoms with van der Waals surface area (Å²) in [5.74, 6) is 0. The quantitative estimate of drug-likeness (QED) is 0.849. The van der Waals surface area contributed by atoms with Crippen LogP contribution in [0.2, 0.25) is 0 Å². The molecule has 2 rings (SSSR count). The van der Waals surface area contributed by atoms with Gasteiger partial charge in [0.2, 0.25) is 0 Å². The van der Waals surface area contributed by atoms with Crippen molar-refractivity contribution in [3.63, 3.8) is 0 Å². The van der Waals surface area contributed by atoms with Crippen LogP contribution in [-0.4, -0.2) is 15.0 Å². The number of aryl methyl sites for hydroxylation is 1. The maximum Gasteiger partial charge on any atom is 0.115 e. The molecule has 0 fully saturated rings. The third-order valence-electron chi connectivity index (χ3n) is 2.08. The van der Waals surface area contributed by atoms with Crippen LogP contribution in [0.25, 0.3) is 0 Å². The first-order valence-corrected chi connectivity index (χ1v) is 5.59. The van der Waals surface area contributed by atoms with E-state index in [1.54, 1.807) is 23.9 Å². The largest absolute Gasteiger partial charge is 0.306 e. The molecule has 78 valence electrons. The van der Waals surface area contributed by atoms with Crippen molar-refractivity contribution < 1.29 is 0 Å². The Balaban J connectivity index is 1.83. The molecule has 0 saturated heterocycles. The lowest BCUT2D eigenvalue weighted by atomic mass is 10.3. The van der Waals surface area contributed by atoms with Gasteiger partial charge in [0.1, 0.15) is 6.33 Å². The van der Waals surface area contributed by atoms with Crippen molar-refractivity contribution in [2.45, 2.75) is 20.0 Å². The van der Waals surface area contributed by atoms with Crippen molar-refractivity contribution in [3.05, 3.63) is 40.4 Å². The Hall–Kier alpha value is -1.33. The van der Waals surface area contributed by atoms with E-state index in [1.165, 1.54) is 4.88 Å². The second kappa shape index (κ2) is 4.95. The van der Waals surface area contributed by atoms with Crippen LogP contribution in [0.3, 0.4) is 0 Å². The molecule has 0 aliphatic heterocycles. The Morgan fingerprint density at radius 1 is 1.33 bits per heavy atom. The lowest BCUT2D eigenvalue weighted by molar-refractivity contribution is 0.681. The SMILES string of the molecule is Cc1ncsc1CNCc1ccncn1. The van der Waals surface area contributed by atoms with E-state index >= 15 is 0 Å². The Bertz CT molecular complexity index is 412. The molecular weight excluding hydrogens is 208 g/mol. The van der Waals surface area contributed by atoms with Crippen LogP contribution in [0.4, 0.5) is 0 Å². The van der Waals surface area contributed by atoms with E-state index in [-0.39, 0.29) is 0 Å². The first kappa shape index (κ1) is 10.2. The Kier molecular flexibility index (Phi) is 3.37. The van der Waals surface area contributed by atoms with Gasteiger partial charge in [0.15, 0.2) is 0 Å². The molecule has 1 N–H and O–H groups in total. The predicted octanol–water partition coefficient (Wildman–Crippen LogP) is 1.53. The number of hydrogen-bond acceptors (Lipinski definition) is 5. The van der Waals surface area contributed by atoms with Crippen molar-refractivity contribution in [1.29, 1.82) is 0 Å². The molecule has 0 bridgehead atoms. The molecule has 0 atom stereocenters. The van der Waals surface area contributed by atoms with Gasteiger partial charge >= 0.3 is 0 Å². The van der Waals surface area contributed by atoms with Gasteiger partial charge < -0.3 is 5.32 Å². The van der Waals surface area contributed by atoms with Crippen molar-refractivity contribution in [2.24, 2.45) is 0 Å². The fourth-order valence-electron chi connectivity index (χ4n) is 1.22. The van der Waals surface area contributed by atoms with Crippen LogP contribution in [0, 0.1) is 6.92 Å². The molecule has 0 radical (unpaired) electrons. The number of rotatable bonds is 4. The second-order valence-corrected chi connectivity index (χ2v) is 4.10. The first-order valence-electron chi connectivity index (χ1n) is 4.71. The molecule has 2 heterocycles. The minimum atomic E-state index is 0.764. The summed E-state index contributed by atoms with van der Waals surface area (Å²) in [6.07, 6.45) is 3.32. The van der Waals surface area contributed by atoms with Gasteiger partial charge in [-0.3, -0.25) is 0 Å². The van der Waals surface area contributed by atoms with Gasteiger partial charge in [-0.15, -0.1) is 11.3 Å². The van der Waals surface area contributed by atoms with Crippen LogP contribution >= 0.6 is 11.3 Å². The number of thiazole rings is 1. The summed E-state index contributed by atoms with van der Waals surface area (Å²) in [7, 11) is 0. The Morgan fingerprint density at radius 3 is 2.93 bits per heavy atom. The monoisotopic (exact) mass is 220 g/mol. The van der Waals surface area contributed by atoms with Crippen LogP contribution in [0.5, 0.6) is 0 Å². The van der Waals surface area contributed by atoms with Gasteiger partial charge in [0, 0.05) is 24.2 Å². The minimum Gasteiger partial charge on any atom is -0.306 e. The Morgan fingerprint density at radius 2 is 2.27 bits per heavy atom. The smallest absolute Gasteiger partial charge is 0.115 e. The van der Waals surface area contributed by atoms with Gasteiger partial charge in [0.05, 0.1) is 16.9 Å². The molecule has 5 heteroatoms. The molecule has 0 aliphatic carbocycles. The maximum absolute atomic E-state index is 4.20. The number of nitrogens with zero attached hydrogens (tertiary/aromatic N) is 3. The van der Waals surface area contributed by atoms with Crippen LogP contribution < -0.4 is 5.32 Å². The summed E-state index contributed by atoms with van der Waals surface area (Å²) >= 11 is 1.68. The highest BCUT2D eigenvalue weighted by atomic mass is 32.1. The topological polar surface area (TPSA) is 50.7 Å². The summed E-state index contributed by atoms with van der Waals surface area (Å²) < 4.78 is 0. The number of nitrogens with one attached hydrogen (secondary N) is 1. The van der Waals surface area contributed by atoms with E-state index in [0.717, 1.165) is 24.5 Å². The van der Waals surface area contributed by atoms with Gasteiger partial charge in [-0.1, -0.05) is 0 Å². The third-order valence-corrected chi connectivity index (χ3v) is 3.01. The van der Waals surface area contributed by atoms with Crippen molar-refractivity contribution in [2.75, 3.05) is 0 Å². The standard InChI is InChI=1S/C10H12N4S/c1-8-10(15-7-14-8)5-12-4-9-2-3-11-6-13-9/h2-3,6-7,12H,4-5H2,1H3. The van der Waals surface area contributed by atoms with Crippen molar-refractivity contribution >= 4 is 11.3 Å². The zero-order valence-corrected chi connectivity index (χ0v) is 9.29. The number of aromatic nitrogens is 3. The van der Waals surface area contributed by atoms with Gasteiger partial charge in [0.25, 0.3) is 0 Å². The molecular formula is C10H12N4S. The van der Waals surface area contributed by atoms with Gasteiger partial charge in [-0.25, -0.2) is 15.0 Å². The minimum absolute atomic E-state index is 0.764. The van der Waals surface area contributed by atoms with Crippen LogP contribution in [0.1, 0.15) is 16.3 Å². The molecule has 4 nitrogen and oxygen atoms in total. The molecule has 0 aromatic carbocycles. The third kappa shape index (κ3) is 2.81. The average Bonchev–Trinajstić information content (AvgIpc) is 2.66. The van der Waals surface area contributed by atoms with Crippen LogP contribution in [0.15, 0.2) is 24.1 Å². The predicted molar refractivity (Wildman–Crippen MR) is 59.4 cm³/mol. The summed E-state index contributed by atoms with van der Waals surface area (Å²) in [6.45, 7) is 3.64. The van der Waals surface area contributed by atoms with E-state index in [4.69, 9.17) is 0 Å². The zero-order valence-electron chi connectivity index (χ0n) is 8.47. The molecule has 0 aliphatic rings. The van der Waals surface area contributed by atoms with Crippen LogP contribution in [-0.2, 0) is 13.1 Å². The van der Waals surface area contributed by atoms with Crippen molar-refractivity contribution in [3.8, 4) is 0 Å². The first-order chi connectivity index (χ1) is 7.36. The lowest BCUT2D eigenvalue weighted by Gasteiger charge is -2.02. The number of hydrogen-bond donors (Lipinski definition) is 1. The molecule has 0 saturated carbocycles. The zero-order chi connectivity index (χ0) is 10.5. The summed E-state index contributed by atoms with van der Waals surface area (Å²) in [6, 6.07) is 1.91. The molecule has 2 aromatic heterocycles. The molecule has 2 aromatic rings. The summed E-state index contributed by atoms with van der Waals surface area (Å²) in [5, 5.41) is 3.33. The van der Waals surface area contributed by atoms with Gasteiger partial charge in [-0.2, -0.15) is 0 Å². The molecule has 15 heavy (non-hydrogen) atoms. The maximum atomic E-state index is 4.20. The highest BCUT2D eigenvalue weighted by Crippen LogP contribution is 2.11. The molecule has 0 amide bonds. The lowest BCUT2D eigenvalue weighted by Crippen LogP contribution is -2.13. The van der Waals surface area contributed by atoms with E-state index in [0.29, 0.717) is 0 Å². The summed E-state index contributed by atoms with van der Waals surface area (Å²) in [5.41, 5.74) is 3.99. The van der Waals surface area contributed by atoms with E-state index in [9.17, 15) is 0 Å². The van der Waals surface area contributed by atoms with Crippen molar-refractivity contribution in [1.82, 2.24) is 20.3 Å².